The first-order chi connectivity index (χ1) is 9.78. The first kappa shape index (κ1) is 15.7. The molecule has 2 aromatic rings. The van der Waals surface area contributed by atoms with E-state index >= 15 is 0 Å². The summed E-state index contributed by atoms with van der Waals surface area (Å²) in [6.45, 7) is 1.63. The molecule has 0 aliphatic rings. The zero-order valence-corrected chi connectivity index (χ0v) is 13.2. The molecule has 6 nitrogen and oxygen atoms in total. The molecule has 0 saturated carbocycles. The maximum absolute atomic E-state index is 12.2. The van der Waals surface area contributed by atoms with Crippen LogP contribution in [0.15, 0.2) is 28.5 Å². The summed E-state index contributed by atoms with van der Waals surface area (Å²) in [6.07, 6.45) is -0.207. The van der Waals surface area contributed by atoms with Crippen LogP contribution in [0.3, 0.4) is 0 Å². The summed E-state index contributed by atoms with van der Waals surface area (Å²) in [6, 6.07) is 5.87. The van der Waals surface area contributed by atoms with Gasteiger partial charge in [0.25, 0.3) is 10.0 Å². The number of aromatic nitrogens is 1. The highest BCUT2D eigenvalue weighted by atomic mass is 35.5. The van der Waals surface area contributed by atoms with E-state index in [0.29, 0.717) is 16.3 Å². The van der Waals surface area contributed by atoms with Crippen LogP contribution in [0.5, 0.6) is 0 Å². The van der Waals surface area contributed by atoms with Gasteiger partial charge >= 0.3 is 5.97 Å². The van der Waals surface area contributed by atoms with Gasteiger partial charge in [0.05, 0.1) is 17.8 Å². The highest BCUT2D eigenvalue weighted by Gasteiger charge is 2.19. The molecule has 0 fully saturated rings. The van der Waals surface area contributed by atoms with E-state index in [1.54, 1.807) is 6.92 Å². The Morgan fingerprint density at radius 3 is 2.71 bits per heavy atom. The quantitative estimate of drug-likeness (QED) is 0.811. The van der Waals surface area contributed by atoms with Crippen molar-refractivity contribution in [3.8, 4) is 0 Å². The number of carboxylic acid groups (broad SMARTS) is 1. The van der Waals surface area contributed by atoms with Gasteiger partial charge in [-0.25, -0.2) is 13.4 Å². The molecule has 0 unspecified atom stereocenters. The minimum atomic E-state index is -3.77. The number of pyridine rings is 1. The third-order valence-electron chi connectivity index (χ3n) is 2.52. The van der Waals surface area contributed by atoms with Gasteiger partial charge in [0, 0.05) is 4.88 Å². The molecule has 9 heteroatoms. The Balaban J connectivity index is 2.25. The fourth-order valence-corrected chi connectivity index (χ4v) is 4.23. The molecule has 2 N–H and O–H groups in total. The molecule has 0 radical (unpaired) electrons. The van der Waals surface area contributed by atoms with Crippen molar-refractivity contribution in [2.75, 3.05) is 4.72 Å². The van der Waals surface area contributed by atoms with E-state index in [0.717, 1.165) is 11.3 Å². The highest BCUT2D eigenvalue weighted by Crippen LogP contribution is 2.25. The Morgan fingerprint density at radius 2 is 2.10 bits per heavy atom. The largest absolute Gasteiger partial charge is 0.481 e. The molecule has 0 atom stereocenters. The van der Waals surface area contributed by atoms with E-state index < -0.39 is 16.0 Å². The zero-order valence-electron chi connectivity index (χ0n) is 10.8. The van der Waals surface area contributed by atoms with Gasteiger partial charge in [-0.1, -0.05) is 11.6 Å². The number of thiophene rings is 1. The molecule has 2 rings (SSSR count). The molecule has 112 valence electrons. The maximum Gasteiger partial charge on any atom is 0.308 e. The molecule has 0 saturated heterocycles. The lowest BCUT2D eigenvalue weighted by Crippen LogP contribution is -2.12. The van der Waals surface area contributed by atoms with E-state index in [1.807, 2.05) is 0 Å². The second-order valence-corrected chi connectivity index (χ2v) is 7.63. The maximum atomic E-state index is 12.2. The molecular formula is C12H11ClN2O4S2. The van der Waals surface area contributed by atoms with Crippen molar-refractivity contribution in [2.24, 2.45) is 0 Å². The summed E-state index contributed by atoms with van der Waals surface area (Å²) in [5, 5.41) is 8.97. The number of rotatable bonds is 5. The van der Waals surface area contributed by atoms with Gasteiger partial charge < -0.3 is 5.11 Å². The number of hydrogen-bond donors (Lipinski definition) is 2. The Labute approximate surface area is 130 Å². The molecule has 0 aliphatic carbocycles. The third kappa shape index (κ3) is 3.93. The monoisotopic (exact) mass is 346 g/mol. The van der Waals surface area contributed by atoms with Crippen LogP contribution in [0.25, 0.3) is 0 Å². The molecule has 0 amide bonds. The van der Waals surface area contributed by atoms with E-state index in [4.69, 9.17) is 16.7 Å². The summed E-state index contributed by atoms with van der Waals surface area (Å²) >= 11 is 6.63. The summed E-state index contributed by atoms with van der Waals surface area (Å²) in [5.41, 5.74) is 0.779. The lowest BCUT2D eigenvalue weighted by Gasteiger charge is -2.08. The van der Waals surface area contributed by atoms with Crippen LogP contribution in [0, 0.1) is 6.92 Å². The third-order valence-corrected chi connectivity index (χ3v) is 5.68. The Kier molecular flexibility index (Phi) is 4.50. The molecular weight excluding hydrogens is 336 g/mol. The van der Waals surface area contributed by atoms with E-state index in [9.17, 15) is 13.2 Å². The minimum Gasteiger partial charge on any atom is -0.481 e. The van der Waals surface area contributed by atoms with Crippen molar-refractivity contribution in [3.63, 3.8) is 0 Å². The second-order valence-electron chi connectivity index (χ2n) is 4.16. The number of nitrogens with one attached hydrogen (secondary N) is 1. The predicted octanol–water partition coefficient (Wildman–Crippen LogP) is 2.53. The summed E-state index contributed by atoms with van der Waals surface area (Å²) in [4.78, 5) is 15.0. The van der Waals surface area contributed by atoms with Gasteiger partial charge in [-0.2, -0.15) is 0 Å². The lowest BCUT2D eigenvalue weighted by molar-refractivity contribution is -0.136. The van der Waals surface area contributed by atoms with Crippen molar-refractivity contribution >= 4 is 44.6 Å². The van der Waals surface area contributed by atoms with Gasteiger partial charge in [-0.15, -0.1) is 11.3 Å². The van der Waals surface area contributed by atoms with Crippen LogP contribution >= 0.6 is 22.9 Å². The number of sulfonamides is 1. The lowest BCUT2D eigenvalue weighted by atomic mass is 10.3. The topological polar surface area (TPSA) is 96.4 Å². The van der Waals surface area contributed by atoms with Crippen LogP contribution < -0.4 is 4.72 Å². The van der Waals surface area contributed by atoms with Gasteiger partial charge in [-0.05, 0) is 31.2 Å². The van der Waals surface area contributed by atoms with Crippen LogP contribution in [0.1, 0.15) is 10.6 Å². The van der Waals surface area contributed by atoms with Crippen LogP contribution in [-0.4, -0.2) is 24.5 Å². The molecule has 21 heavy (non-hydrogen) atoms. The number of nitrogens with zero attached hydrogens (tertiary/aromatic N) is 1. The van der Waals surface area contributed by atoms with Gasteiger partial charge in [0.15, 0.2) is 0 Å². The average Bonchev–Trinajstić information content (AvgIpc) is 2.81. The highest BCUT2D eigenvalue weighted by molar-refractivity contribution is 7.94. The van der Waals surface area contributed by atoms with Gasteiger partial charge in [0.2, 0.25) is 0 Å². The van der Waals surface area contributed by atoms with Crippen molar-refractivity contribution in [3.05, 3.63) is 40.0 Å². The standard InChI is InChI=1S/C12H11ClN2O4S2/c1-7-9(3-4-10(13)14-7)15-21(18,19)12-5-2-8(20-12)6-11(16)17/h2-5,15H,6H2,1H3,(H,16,17). The molecule has 2 aromatic heterocycles. The number of anilines is 1. The summed E-state index contributed by atoms with van der Waals surface area (Å²) in [7, 11) is -3.77. The average molecular weight is 347 g/mol. The zero-order chi connectivity index (χ0) is 15.6. The van der Waals surface area contributed by atoms with Crippen molar-refractivity contribution in [1.29, 1.82) is 0 Å². The van der Waals surface area contributed by atoms with Crippen LogP contribution in [-0.2, 0) is 21.2 Å². The Bertz CT molecular complexity index is 786. The van der Waals surface area contributed by atoms with Crippen LogP contribution in [0.4, 0.5) is 5.69 Å². The fourth-order valence-electron chi connectivity index (χ4n) is 1.58. The van der Waals surface area contributed by atoms with E-state index in [-0.39, 0.29) is 15.8 Å². The van der Waals surface area contributed by atoms with Crippen molar-refractivity contribution in [2.45, 2.75) is 17.6 Å². The van der Waals surface area contributed by atoms with E-state index in [1.165, 1.54) is 24.3 Å². The summed E-state index contributed by atoms with van der Waals surface area (Å²) in [5.74, 6) is -1.01. The van der Waals surface area contributed by atoms with Gasteiger partial charge in [-0.3, -0.25) is 9.52 Å². The Hall–Kier alpha value is -1.64. The fraction of sp³-hybridized carbons (Fsp3) is 0.167. The Morgan fingerprint density at radius 1 is 1.38 bits per heavy atom. The number of aliphatic carboxylic acids is 1. The first-order valence-electron chi connectivity index (χ1n) is 5.74. The van der Waals surface area contributed by atoms with Gasteiger partial charge in [0.1, 0.15) is 9.36 Å². The predicted molar refractivity (Wildman–Crippen MR) is 80.5 cm³/mol. The normalized spacial score (nSPS) is 11.3. The number of carbonyl (C=O) groups is 1. The SMILES string of the molecule is Cc1nc(Cl)ccc1NS(=O)(=O)c1ccc(CC(=O)O)s1. The van der Waals surface area contributed by atoms with Crippen LogP contribution in [0.2, 0.25) is 5.15 Å². The number of aryl methyl sites for hydroxylation is 1. The molecule has 0 bridgehead atoms. The molecule has 2 heterocycles. The molecule has 0 spiro atoms. The van der Waals surface area contributed by atoms with Crippen molar-refractivity contribution in [1.82, 2.24) is 4.98 Å². The van der Waals surface area contributed by atoms with Crippen molar-refractivity contribution < 1.29 is 18.3 Å². The smallest absolute Gasteiger partial charge is 0.308 e. The minimum absolute atomic E-state index is 0.0492. The number of halogens is 1. The number of hydrogen-bond acceptors (Lipinski definition) is 5. The molecule has 0 aromatic carbocycles. The first-order valence-corrected chi connectivity index (χ1v) is 8.42. The summed E-state index contributed by atoms with van der Waals surface area (Å²) < 4.78 is 26.9. The second kappa shape index (κ2) is 6.00. The van der Waals surface area contributed by atoms with E-state index in [2.05, 4.69) is 9.71 Å². The number of carboxylic acids is 1. The molecule has 0 aliphatic heterocycles.